The zero-order valence-corrected chi connectivity index (χ0v) is 11.5. The standard InChI is InChI=1S/C16H17NO3/c1-11(2)16-13(10-15(18)19)17-14(20-16)9-8-12-6-4-3-5-7-12/h3-9,11H,10H2,1-2H3,(H,18,19)/b9-8+. The Morgan fingerprint density at radius 2 is 2.00 bits per heavy atom. The summed E-state index contributed by atoms with van der Waals surface area (Å²) in [7, 11) is 0. The van der Waals surface area contributed by atoms with E-state index in [2.05, 4.69) is 4.98 Å². The normalized spacial score (nSPS) is 11.3. The van der Waals surface area contributed by atoms with Crippen LogP contribution in [0.5, 0.6) is 0 Å². The molecule has 0 spiro atoms. The van der Waals surface area contributed by atoms with Gasteiger partial charge in [0.2, 0.25) is 5.89 Å². The summed E-state index contributed by atoms with van der Waals surface area (Å²) in [5.74, 6) is 0.281. The van der Waals surface area contributed by atoms with E-state index in [9.17, 15) is 4.79 Å². The van der Waals surface area contributed by atoms with E-state index in [4.69, 9.17) is 9.52 Å². The number of aliphatic carboxylic acids is 1. The van der Waals surface area contributed by atoms with Crippen molar-refractivity contribution in [2.24, 2.45) is 0 Å². The van der Waals surface area contributed by atoms with Crippen molar-refractivity contribution in [1.82, 2.24) is 4.98 Å². The van der Waals surface area contributed by atoms with Crippen molar-refractivity contribution >= 4 is 18.1 Å². The number of hydrogen-bond donors (Lipinski definition) is 1. The molecule has 0 unspecified atom stereocenters. The first-order chi connectivity index (χ1) is 9.56. The summed E-state index contributed by atoms with van der Waals surface area (Å²) in [5, 5.41) is 8.89. The number of rotatable bonds is 5. The number of aromatic nitrogens is 1. The topological polar surface area (TPSA) is 63.3 Å². The van der Waals surface area contributed by atoms with E-state index >= 15 is 0 Å². The van der Waals surface area contributed by atoms with Crippen molar-refractivity contribution in [3.05, 3.63) is 53.2 Å². The molecule has 0 radical (unpaired) electrons. The van der Waals surface area contributed by atoms with Gasteiger partial charge in [-0.1, -0.05) is 44.2 Å². The van der Waals surface area contributed by atoms with Gasteiger partial charge in [-0.2, -0.15) is 0 Å². The number of carboxylic acid groups (broad SMARTS) is 1. The van der Waals surface area contributed by atoms with Crippen LogP contribution in [0.4, 0.5) is 0 Å². The maximum atomic E-state index is 10.8. The monoisotopic (exact) mass is 271 g/mol. The van der Waals surface area contributed by atoms with Crippen LogP contribution >= 0.6 is 0 Å². The highest BCUT2D eigenvalue weighted by Gasteiger charge is 2.17. The van der Waals surface area contributed by atoms with Gasteiger partial charge >= 0.3 is 5.97 Å². The van der Waals surface area contributed by atoms with Gasteiger partial charge < -0.3 is 9.52 Å². The fourth-order valence-corrected chi connectivity index (χ4v) is 1.91. The third-order valence-corrected chi connectivity index (χ3v) is 2.81. The summed E-state index contributed by atoms with van der Waals surface area (Å²) in [5.41, 5.74) is 1.54. The van der Waals surface area contributed by atoms with Crippen molar-refractivity contribution in [3.63, 3.8) is 0 Å². The van der Waals surface area contributed by atoms with Crippen molar-refractivity contribution in [2.45, 2.75) is 26.2 Å². The van der Waals surface area contributed by atoms with Crippen LogP contribution in [0.2, 0.25) is 0 Å². The zero-order chi connectivity index (χ0) is 14.5. The Balaban J connectivity index is 2.24. The molecule has 0 amide bonds. The second-order valence-electron chi connectivity index (χ2n) is 4.83. The third kappa shape index (κ3) is 3.57. The van der Waals surface area contributed by atoms with E-state index in [0.717, 1.165) is 5.56 Å². The molecule has 4 nitrogen and oxygen atoms in total. The van der Waals surface area contributed by atoms with Gasteiger partial charge in [-0.15, -0.1) is 0 Å². The lowest BCUT2D eigenvalue weighted by Gasteiger charge is -2.00. The van der Waals surface area contributed by atoms with E-state index in [1.165, 1.54) is 0 Å². The summed E-state index contributed by atoms with van der Waals surface area (Å²) >= 11 is 0. The van der Waals surface area contributed by atoms with Crippen LogP contribution in [0.15, 0.2) is 34.7 Å². The fraction of sp³-hybridized carbons (Fsp3) is 0.250. The first-order valence-electron chi connectivity index (χ1n) is 6.51. The molecule has 1 aromatic carbocycles. The molecule has 0 fully saturated rings. The molecule has 0 saturated carbocycles. The molecule has 20 heavy (non-hydrogen) atoms. The molecule has 0 atom stereocenters. The number of hydrogen-bond acceptors (Lipinski definition) is 3. The summed E-state index contributed by atoms with van der Waals surface area (Å²) in [6, 6.07) is 9.79. The van der Waals surface area contributed by atoms with E-state index in [1.54, 1.807) is 6.08 Å². The molecule has 0 aliphatic heterocycles. The predicted octanol–water partition coefficient (Wildman–Crippen LogP) is 3.60. The maximum Gasteiger partial charge on any atom is 0.309 e. The minimum atomic E-state index is -0.904. The number of oxazole rings is 1. The number of carboxylic acids is 1. The van der Waals surface area contributed by atoms with Gasteiger partial charge in [-0.3, -0.25) is 4.79 Å². The second-order valence-corrected chi connectivity index (χ2v) is 4.83. The van der Waals surface area contributed by atoms with Gasteiger partial charge in [0.05, 0.1) is 12.1 Å². The average molecular weight is 271 g/mol. The molecule has 0 aliphatic rings. The predicted molar refractivity (Wildman–Crippen MR) is 77.3 cm³/mol. The van der Waals surface area contributed by atoms with Crippen LogP contribution < -0.4 is 0 Å². The van der Waals surface area contributed by atoms with Crippen LogP contribution in [0.25, 0.3) is 12.2 Å². The Bertz CT molecular complexity index is 612. The number of nitrogens with zero attached hydrogens (tertiary/aromatic N) is 1. The minimum Gasteiger partial charge on any atom is -0.481 e. The zero-order valence-electron chi connectivity index (χ0n) is 11.5. The molecule has 2 aromatic rings. The highest BCUT2D eigenvalue weighted by Crippen LogP contribution is 2.22. The van der Waals surface area contributed by atoms with Crippen molar-refractivity contribution < 1.29 is 14.3 Å². The second kappa shape index (κ2) is 6.19. The van der Waals surface area contributed by atoms with E-state index < -0.39 is 5.97 Å². The Kier molecular flexibility index (Phi) is 4.35. The van der Waals surface area contributed by atoms with Gasteiger partial charge in [-0.25, -0.2) is 4.98 Å². The molecule has 4 heteroatoms. The molecule has 0 saturated heterocycles. The molecule has 2 rings (SSSR count). The molecule has 1 heterocycles. The van der Waals surface area contributed by atoms with E-state index in [0.29, 0.717) is 17.3 Å². The number of carbonyl (C=O) groups is 1. The Morgan fingerprint density at radius 3 is 2.60 bits per heavy atom. The lowest BCUT2D eigenvalue weighted by Crippen LogP contribution is -2.03. The summed E-state index contributed by atoms with van der Waals surface area (Å²) in [4.78, 5) is 15.1. The maximum absolute atomic E-state index is 10.8. The molecule has 0 bridgehead atoms. The minimum absolute atomic E-state index is 0.107. The summed E-state index contributed by atoms with van der Waals surface area (Å²) < 4.78 is 5.64. The Labute approximate surface area is 117 Å². The van der Waals surface area contributed by atoms with Crippen molar-refractivity contribution in [1.29, 1.82) is 0 Å². The van der Waals surface area contributed by atoms with Gasteiger partial charge in [0, 0.05) is 12.0 Å². The summed E-state index contributed by atoms with van der Waals surface area (Å²) in [6.07, 6.45) is 3.53. The highest BCUT2D eigenvalue weighted by atomic mass is 16.4. The molecule has 1 N–H and O–H groups in total. The largest absolute Gasteiger partial charge is 0.481 e. The SMILES string of the molecule is CC(C)c1oc(/C=C/c2ccccc2)nc1CC(=O)O. The van der Waals surface area contributed by atoms with Crippen LogP contribution in [0.3, 0.4) is 0 Å². The lowest BCUT2D eigenvalue weighted by atomic mass is 10.1. The molecular weight excluding hydrogens is 254 g/mol. The Hall–Kier alpha value is -2.36. The fourth-order valence-electron chi connectivity index (χ4n) is 1.91. The smallest absolute Gasteiger partial charge is 0.309 e. The number of benzene rings is 1. The van der Waals surface area contributed by atoms with Crippen LogP contribution in [-0.4, -0.2) is 16.1 Å². The third-order valence-electron chi connectivity index (χ3n) is 2.81. The molecule has 1 aromatic heterocycles. The molecule has 104 valence electrons. The van der Waals surface area contributed by atoms with Gasteiger partial charge in [-0.05, 0) is 11.6 Å². The van der Waals surface area contributed by atoms with Crippen molar-refractivity contribution in [3.8, 4) is 0 Å². The highest BCUT2D eigenvalue weighted by molar-refractivity contribution is 5.70. The van der Waals surface area contributed by atoms with Gasteiger partial charge in [0.15, 0.2) is 0 Å². The van der Waals surface area contributed by atoms with E-state index in [-0.39, 0.29) is 12.3 Å². The van der Waals surface area contributed by atoms with Crippen LogP contribution in [0, 0.1) is 0 Å². The molecule has 0 aliphatic carbocycles. The van der Waals surface area contributed by atoms with E-state index in [1.807, 2.05) is 50.3 Å². The lowest BCUT2D eigenvalue weighted by molar-refractivity contribution is -0.136. The average Bonchev–Trinajstić information content (AvgIpc) is 2.80. The van der Waals surface area contributed by atoms with Crippen LogP contribution in [-0.2, 0) is 11.2 Å². The Morgan fingerprint density at radius 1 is 1.30 bits per heavy atom. The summed E-state index contributed by atoms with van der Waals surface area (Å²) in [6.45, 7) is 3.91. The quantitative estimate of drug-likeness (QED) is 0.902. The molecular formula is C16H17NO3. The van der Waals surface area contributed by atoms with Crippen molar-refractivity contribution in [2.75, 3.05) is 0 Å². The first-order valence-corrected chi connectivity index (χ1v) is 6.51. The first kappa shape index (κ1) is 14.1. The van der Waals surface area contributed by atoms with Crippen LogP contribution in [0.1, 0.15) is 42.7 Å². The van der Waals surface area contributed by atoms with Gasteiger partial charge in [0.25, 0.3) is 0 Å². The van der Waals surface area contributed by atoms with Gasteiger partial charge in [0.1, 0.15) is 5.76 Å².